The first kappa shape index (κ1) is 11.9. The van der Waals surface area contributed by atoms with Crippen molar-refractivity contribution in [3.05, 3.63) is 30.6 Å². The first-order valence-electron chi connectivity index (χ1n) is 6.14. The minimum Gasteiger partial charge on any atom is -0.395 e. The standard InChI is InChI=1S/C13H19N3O/c1-2-3-8-15(10-11-17)13-6-4-5-12-14-7-9-16(12)13/h4-7,9,17H,2-3,8,10-11H2,1H3. The van der Waals surface area contributed by atoms with E-state index in [-0.39, 0.29) is 6.61 Å². The van der Waals surface area contributed by atoms with Crippen LogP contribution in [0.5, 0.6) is 0 Å². The molecule has 0 saturated carbocycles. The molecule has 2 rings (SSSR count). The number of imidazole rings is 1. The van der Waals surface area contributed by atoms with Gasteiger partial charge in [-0.25, -0.2) is 4.98 Å². The Bertz CT molecular complexity index is 466. The second-order valence-electron chi connectivity index (χ2n) is 4.10. The Hall–Kier alpha value is -1.55. The molecule has 0 aromatic carbocycles. The molecule has 1 N–H and O–H groups in total. The molecule has 4 nitrogen and oxygen atoms in total. The normalized spacial score (nSPS) is 10.9. The molecule has 0 unspecified atom stereocenters. The molecule has 0 aliphatic carbocycles. The van der Waals surface area contributed by atoms with Crippen LogP contribution < -0.4 is 4.90 Å². The van der Waals surface area contributed by atoms with Crippen molar-refractivity contribution < 1.29 is 5.11 Å². The average Bonchev–Trinajstić information content (AvgIpc) is 2.82. The summed E-state index contributed by atoms with van der Waals surface area (Å²) in [6.45, 7) is 3.98. The highest BCUT2D eigenvalue weighted by atomic mass is 16.3. The van der Waals surface area contributed by atoms with Gasteiger partial charge >= 0.3 is 0 Å². The molecule has 92 valence electrons. The van der Waals surface area contributed by atoms with Gasteiger partial charge in [-0.15, -0.1) is 0 Å². The van der Waals surface area contributed by atoms with E-state index in [0.717, 1.165) is 30.9 Å². The quantitative estimate of drug-likeness (QED) is 0.829. The van der Waals surface area contributed by atoms with Gasteiger partial charge in [0.15, 0.2) is 0 Å². The molecule has 2 aromatic heterocycles. The number of anilines is 1. The molecule has 0 aliphatic heterocycles. The van der Waals surface area contributed by atoms with Gasteiger partial charge in [0.2, 0.25) is 0 Å². The topological polar surface area (TPSA) is 40.8 Å². The molecule has 0 radical (unpaired) electrons. The minimum atomic E-state index is 0.175. The summed E-state index contributed by atoms with van der Waals surface area (Å²) in [6.07, 6.45) is 6.05. The number of unbranched alkanes of at least 4 members (excludes halogenated alkanes) is 1. The summed E-state index contributed by atoms with van der Waals surface area (Å²) in [5.41, 5.74) is 0.946. The van der Waals surface area contributed by atoms with Crippen molar-refractivity contribution >= 4 is 11.5 Å². The van der Waals surface area contributed by atoms with E-state index in [9.17, 15) is 0 Å². The monoisotopic (exact) mass is 233 g/mol. The van der Waals surface area contributed by atoms with Gasteiger partial charge in [-0.05, 0) is 18.6 Å². The maximum atomic E-state index is 9.15. The van der Waals surface area contributed by atoms with Crippen LogP contribution >= 0.6 is 0 Å². The zero-order valence-corrected chi connectivity index (χ0v) is 10.2. The third-order valence-electron chi connectivity index (χ3n) is 2.88. The van der Waals surface area contributed by atoms with Crippen molar-refractivity contribution in [1.29, 1.82) is 0 Å². The van der Waals surface area contributed by atoms with Crippen LogP contribution in [0.1, 0.15) is 19.8 Å². The molecule has 0 aliphatic rings. The van der Waals surface area contributed by atoms with Crippen LogP contribution in [0.25, 0.3) is 5.65 Å². The number of aliphatic hydroxyl groups excluding tert-OH is 1. The van der Waals surface area contributed by atoms with Crippen LogP contribution in [0.3, 0.4) is 0 Å². The number of nitrogens with zero attached hydrogens (tertiary/aromatic N) is 3. The smallest absolute Gasteiger partial charge is 0.138 e. The molecule has 4 heteroatoms. The van der Waals surface area contributed by atoms with Crippen LogP contribution in [0, 0.1) is 0 Å². The summed E-state index contributed by atoms with van der Waals surface area (Å²) >= 11 is 0. The predicted octanol–water partition coefficient (Wildman–Crippen LogP) is 1.93. The van der Waals surface area contributed by atoms with Crippen molar-refractivity contribution in [2.45, 2.75) is 19.8 Å². The summed E-state index contributed by atoms with van der Waals surface area (Å²) in [6, 6.07) is 6.06. The van der Waals surface area contributed by atoms with Crippen molar-refractivity contribution in [1.82, 2.24) is 9.38 Å². The number of pyridine rings is 1. The molecule has 17 heavy (non-hydrogen) atoms. The number of fused-ring (bicyclic) bond motifs is 1. The van der Waals surface area contributed by atoms with Crippen molar-refractivity contribution in [2.24, 2.45) is 0 Å². The third kappa shape index (κ3) is 2.58. The summed E-state index contributed by atoms with van der Waals surface area (Å²) in [4.78, 5) is 6.48. The van der Waals surface area contributed by atoms with Crippen LogP contribution in [0.15, 0.2) is 30.6 Å². The largest absolute Gasteiger partial charge is 0.395 e. The SMILES string of the molecule is CCCCN(CCO)c1cccc2nccn12. The van der Waals surface area contributed by atoms with Gasteiger partial charge in [-0.2, -0.15) is 0 Å². The summed E-state index contributed by atoms with van der Waals surface area (Å²) in [5.74, 6) is 1.10. The first-order chi connectivity index (χ1) is 8.36. The molecule has 0 spiro atoms. The van der Waals surface area contributed by atoms with E-state index in [0.29, 0.717) is 6.54 Å². The van der Waals surface area contributed by atoms with Gasteiger partial charge in [0, 0.05) is 25.5 Å². The van der Waals surface area contributed by atoms with Gasteiger partial charge in [-0.3, -0.25) is 4.40 Å². The Labute approximate surface area is 102 Å². The maximum Gasteiger partial charge on any atom is 0.138 e. The highest BCUT2D eigenvalue weighted by Gasteiger charge is 2.08. The van der Waals surface area contributed by atoms with Gasteiger partial charge < -0.3 is 10.0 Å². The Morgan fingerprint density at radius 3 is 3.00 bits per heavy atom. The third-order valence-corrected chi connectivity index (χ3v) is 2.88. The second kappa shape index (κ2) is 5.68. The molecular formula is C13H19N3O. The Morgan fingerprint density at radius 1 is 1.35 bits per heavy atom. The van der Waals surface area contributed by atoms with E-state index in [2.05, 4.69) is 27.3 Å². The molecule has 0 saturated heterocycles. The van der Waals surface area contributed by atoms with Crippen molar-refractivity contribution in [2.75, 3.05) is 24.6 Å². The number of aliphatic hydroxyl groups is 1. The predicted molar refractivity (Wildman–Crippen MR) is 69.4 cm³/mol. The Morgan fingerprint density at radius 2 is 2.24 bits per heavy atom. The fraction of sp³-hybridized carbons (Fsp3) is 0.462. The lowest BCUT2D eigenvalue weighted by atomic mass is 10.3. The fourth-order valence-corrected chi connectivity index (χ4v) is 2.00. The first-order valence-corrected chi connectivity index (χ1v) is 6.14. The van der Waals surface area contributed by atoms with E-state index in [1.54, 1.807) is 6.20 Å². The van der Waals surface area contributed by atoms with Gasteiger partial charge in [-0.1, -0.05) is 19.4 Å². The van der Waals surface area contributed by atoms with Crippen molar-refractivity contribution in [3.63, 3.8) is 0 Å². The van der Waals surface area contributed by atoms with Gasteiger partial charge in [0.25, 0.3) is 0 Å². The second-order valence-corrected chi connectivity index (χ2v) is 4.10. The molecule has 2 aromatic rings. The van der Waals surface area contributed by atoms with Crippen LogP contribution in [-0.4, -0.2) is 34.2 Å². The summed E-state index contributed by atoms with van der Waals surface area (Å²) in [7, 11) is 0. The van der Waals surface area contributed by atoms with E-state index in [1.165, 1.54) is 0 Å². The van der Waals surface area contributed by atoms with Crippen LogP contribution in [-0.2, 0) is 0 Å². The van der Waals surface area contributed by atoms with Crippen LogP contribution in [0.2, 0.25) is 0 Å². The number of rotatable bonds is 6. The lowest BCUT2D eigenvalue weighted by Gasteiger charge is -2.24. The average molecular weight is 233 g/mol. The zero-order chi connectivity index (χ0) is 12.1. The summed E-state index contributed by atoms with van der Waals surface area (Å²) < 4.78 is 2.06. The van der Waals surface area contributed by atoms with E-state index >= 15 is 0 Å². The molecule has 0 atom stereocenters. The fourth-order valence-electron chi connectivity index (χ4n) is 2.00. The number of hydrogen-bond donors (Lipinski definition) is 1. The minimum absolute atomic E-state index is 0.175. The Kier molecular flexibility index (Phi) is 3.98. The van der Waals surface area contributed by atoms with Crippen molar-refractivity contribution in [3.8, 4) is 0 Å². The summed E-state index contributed by atoms with van der Waals surface area (Å²) in [5, 5.41) is 9.15. The number of aromatic nitrogens is 2. The highest BCUT2D eigenvalue weighted by molar-refractivity contribution is 5.51. The number of hydrogen-bond acceptors (Lipinski definition) is 3. The lowest BCUT2D eigenvalue weighted by Crippen LogP contribution is -2.29. The molecule has 0 bridgehead atoms. The van der Waals surface area contributed by atoms with Gasteiger partial charge in [0.05, 0.1) is 6.61 Å². The molecule has 2 heterocycles. The van der Waals surface area contributed by atoms with E-state index < -0.39 is 0 Å². The molecule has 0 fully saturated rings. The van der Waals surface area contributed by atoms with E-state index in [4.69, 9.17) is 5.11 Å². The molecule has 0 amide bonds. The Balaban J connectivity index is 2.30. The lowest BCUT2D eigenvalue weighted by molar-refractivity contribution is 0.301. The molecular weight excluding hydrogens is 214 g/mol. The zero-order valence-electron chi connectivity index (χ0n) is 10.2. The maximum absolute atomic E-state index is 9.15. The van der Waals surface area contributed by atoms with Crippen LogP contribution in [0.4, 0.5) is 5.82 Å². The highest BCUT2D eigenvalue weighted by Crippen LogP contribution is 2.16. The van der Waals surface area contributed by atoms with E-state index in [1.807, 2.05) is 18.3 Å². The van der Waals surface area contributed by atoms with Gasteiger partial charge in [0.1, 0.15) is 11.5 Å².